The van der Waals surface area contributed by atoms with Gasteiger partial charge in [0.15, 0.2) is 5.13 Å². The minimum absolute atomic E-state index is 0.0718. The fourth-order valence-corrected chi connectivity index (χ4v) is 5.31. The second-order valence-corrected chi connectivity index (χ2v) is 9.27. The fraction of sp³-hybridized carbons (Fsp3) is 0.409. The van der Waals surface area contributed by atoms with Crippen molar-refractivity contribution in [1.29, 1.82) is 0 Å². The Morgan fingerprint density at radius 2 is 2.03 bits per heavy atom. The first-order valence-corrected chi connectivity index (χ1v) is 11.5. The Balaban J connectivity index is 1.31. The van der Waals surface area contributed by atoms with Crippen LogP contribution < -0.4 is 5.32 Å². The van der Waals surface area contributed by atoms with Crippen LogP contribution in [0.25, 0.3) is 10.9 Å². The van der Waals surface area contributed by atoms with Crippen LogP contribution >= 0.6 is 11.3 Å². The van der Waals surface area contributed by atoms with E-state index in [1.165, 1.54) is 17.4 Å². The normalized spacial score (nSPS) is 16.9. The van der Waals surface area contributed by atoms with Crippen molar-refractivity contribution in [3.63, 3.8) is 0 Å². The summed E-state index contributed by atoms with van der Waals surface area (Å²) in [5.74, 6) is -1.32. The number of hydrogen-bond donors (Lipinski definition) is 2. The first-order valence-electron chi connectivity index (χ1n) is 10.7. The molecule has 0 aliphatic carbocycles. The molecule has 2 amide bonds. The van der Waals surface area contributed by atoms with Crippen molar-refractivity contribution in [3.05, 3.63) is 45.8 Å². The van der Waals surface area contributed by atoms with Crippen LogP contribution in [0.3, 0.4) is 0 Å². The summed E-state index contributed by atoms with van der Waals surface area (Å²) in [7, 11) is 0. The number of benzene rings is 1. The van der Waals surface area contributed by atoms with Gasteiger partial charge < -0.3 is 19.9 Å². The Kier molecular flexibility index (Phi) is 5.83. The molecule has 4 heterocycles. The zero-order valence-electron chi connectivity index (χ0n) is 17.5. The lowest BCUT2D eigenvalue weighted by Gasteiger charge is -2.25. The van der Waals surface area contributed by atoms with Gasteiger partial charge in [-0.3, -0.25) is 9.59 Å². The highest BCUT2D eigenvalue weighted by molar-refractivity contribution is 7.15. The van der Waals surface area contributed by atoms with E-state index < -0.39 is 17.8 Å². The molecule has 174 valence electrons. The molecule has 0 saturated carbocycles. The maximum absolute atomic E-state index is 13.7. The first kappa shape index (κ1) is 21.9. The molecular formula is C22H21F3N4O3S. The number of rotatable bonds is 4. The highest BCUT2D eigenvalue weighted by atomic mass is 32.1. The predicted molar refractivity (Wildman–Crippen MR) is 116 cm³/mol. The smallest absolute Gasteiger partial charge is 0.270 e. The van der Waals surface area contributed by atoms with Gasteiger partial charge in [-0.1, -0.05) is 11.3 Å². The Bertz CT molecular complexity index is 1220. The van der Waals surface area contributed by atoms with Crippen LogP contribution in [0.15, 0.2) is 18.2 Å². The summed E-state index contributed by atoms with van der Waals surface area (Å²) in [6.07, 6.45) is -0.977. The quantitative estimate of drug-likeness (QED) is 0.587. The number of fused-ring (bicyclic) bond motifs is 2. The van der Waals surface area contributed by atoms with Gasteiger partial charge in [0.2, 0.25) is 5.91 Å². The third-order valence-corrected chi connectivity index (χ3v) is 7.04. The van der Waals surface area contributed by atoms with E-state index in [2.05, 4.69) is 15.3 Å². The minimum Gasteiger partial charge on any atom is -0.381 e. The molecule has 2 aromatic heterocycles. The molecule has 0 unspecified atom stereocenters. The topological polar surface area (TPSA) is 87.3 Å². The Morgan fingerprint density at radius 1 is 1.24 bits per heavy atom. The van der Waals surface area contributed by atoms with Crippen LogP contribution in [0.4, 0.5) is 18.3 Å². The van der Waals surface area contributed by atoms with E-state index in [-0.39, 0.29) is 34.3 Å². The van der Waals surface area contributed by atoms with E-state index >= 15 is 0 Å². The summed E-state index contributed by atoms with van der Waals surface area (Å²) in [4.78, 5) is 35.3. The molecule has 1 fully saturated rings. The highest BCUT2D eigenvalue weighted by Crippen LogP contribution is 2.32. The lowest BCUT2D eigenvalue weighted by Crippen LogP contribution is -2.35. The molecule has 1 saturated heterocycles. The molecule has 0 spiro atoms. The number of hydrogen-bond acceptors (Lipinski definition) is 5. The van der Waals surface area contributed by atoms with E-state index in [4.69, 9.17) is 4.74 Å². The largest absolute Gasteiger partial charge is 0.381 e. The number of halogens is 3. The van der Waals surface area contributed by atoms with Gasteiger partial charge in [-0.15, -0.1) is 0 Å². The zero-order valence-corrected chi connectivity index (χ0v) is 18.3. The predicted octanol–water partition coefficient (Wildman–Crippen LogP) is 4.26. The van der Waals surface area contributed by atoms with Crippen LogP contribution in [0.1, 0.15) is 45.9 Å². The molecule has 0 bridgehead atoms. The molecule has 1 aromatic carbocycles. The number of H-pyrrole nitrogens is 1. The van der Waals surface area contributed by atoms with Gasteiger partial charge in [0.1, 0.15) is 11.5 Å². The van der Waals surface area contributed by atoms with Crippen molar-refractivity contribution in [2.24, 2.45) is 5.92 Å². The number of alkyl halides is 2. The average Bonchev–Trinajstić information content (AvgIpc) is 3.41. The van der Waals surface area contributed by atoms with Gasteiger partial charge in [-0.2, -0.15) is 0 Å². The number of nitrogens with one attached hydrogen (secondary N) is 2. The van der Waals surface area contributed by atoms with Crippen LogP contribution in [-0.2, 0) is 22.5 Å². The third-order valence-electron chi connectivity index (χ3n) is 6.04. The zero-order chi connectivity index (χ0) is 23.1. The van der Waals surface area contributed by atoms with Gasteiger partial charge in [-0.05, 0) is 31.0 Å². The number of ether oxygens (including phenoxy) is 1. The summed E-state index contributed by atoms with van der Waals surface area (Å²) in [6, 6.07) is 3.24. The lowest BCUT2D eigenvalue weighted by atomic mass is 10.00. The number of thiazole rings is 1. The lowest BCUT2D eigenvalue weighted by molar-refractivity contribution is -0.122. The molecule has 2 aliphatic heterocycles. The van der Waals surface area contributed by atoms with Crippen molar-refractivity contribution < 1.29 is 27.5 Å². The number of anilines is 1. The summed E-state index contributed by atoms with van der Waals surface area (Å²) in [5.41, 5.74) is 0.666. The van der Waals surface area contributed by atoms with Crippen molar-refractivity contribution in [2.75, 3.05) is 25.1 Å². The van der Waals surface area contributed by atoms with Gasteiger partial charge in [-0.25, -0.2) is 18.2 Å². The average molecular weight is 478 g/mol. The summed E-state index contributed by atoms with van der Waals surface area (Å²) < 4.78 is 45.6. The summed E-state index contributed by atoms with van der Waals surface area (Å²) in [6.45, 7) is 1.84. The van der Waals surface area contributed by atoms with Gasteiger partial charge in [0, 0.05) is 53.4 Å². The maximum Gasteiger partial charge on any atom is 0.270 e. The maximum atomic E-state index is 13.7. The van der Waals surface area contributed by atoms with Crippen LogP contribution in [0.5, 0.6) is 0 Å². The molecule has 5 rings (SSSR count). The Morgan fingerprint density at radius 3 is 2.79 bits per heavy atom. The van der Waals surface area contributed by atoms with Gasteiger partial charge in [0.25, 0.3) is 12.3 Å². The number of amides is 2. The highest BCUT2D eigenvalue weighted by Gasteiger charge is 2.28. The van der Waals surface area contributed by atoms with E-state index in [0.29, 0.717) is 50.7 Å². The number of carbonyl (C=O) groups excluding carboxylic acids is 2. The molecule has 0 radical (unpaired) electrons. The van der Waals surface area contributed by atoms with Crippen molar-refractivity contribution in [2.45, 2.75) is 32.2 Å². The van der Waals surface area contributed by atoms with Gasteiger partial charge >= 0.3 is 0 Å². The van der Waals surface area contributed by atoms with Crippen molar-refractivity contribution in [1.82, 2.24) is 14.9 Å². The van der Waals surface area contributed by atoms with Crippen molar-refractivity contribution in [3.8, 4) is 0 Å². The van der Waals surface area contributed by atoms with Crippen LogP contribution in [0.2, 0.25) is 0 Å². The van der Waals surface area contributed by atoms with Crippen LogP contribution in [0, 0.1) is 11.7 Å². The van der Waals surface area contributed by atoms with Gasteiger partial charge in [0.05, 0.1) is 12.2 Å². The third kappa shape index (κ3) is 4.34. The van der Waals surface area contributed by atoms with Crippen molar-refractivity contribution >= 4 is 39.2 Å². The summed E-state index contributed by atoms with van der Waals surface area (Å²) in [5, 5.41) is 3.52. The van der Waals surface area contributed by atoms with Crippen LogP contribution in [-0.4, -0.2) is 46.4 Å². The SMILES string of the molecule is O=C(Nc1nc2c(s1)CN(C(=O)c1cc3c(C(F)F)cc(F)cc3[nH]1)CC2)C1CCOCC1. The number of aromatic amines is 1. The van der Waals surface area contributed by atoms with E-state index in [1.54, 1.807) is 4.90 Å². The second kappa shape index (κ2) is 8.79. The number of aromatic nitrogens is 2. The molecule has 7 nitrogen and oxygen atoms in total. The number of carbonyl (C=O) groups is 2. The first-order chi connectivity index (χ1) is 15.9. The van der Waals surface area contributed by atoms with E-state index in [1.807, 2.05) is 0 Å². The Hall–Kier alpha value is -2.92. The molecule has 2 N–H and O–H groups in total. The molecule has 33 heavy (non-hydrogen) atoms. The fourth-order valence-electron chi connectivity index (χ4n) is 4.28. The monoisotopic (exact) mass is 478 g/mol. The minimum atomic E-state index is -2.86. The molecule has 0 atom stereocenters. The second-order valence-electron chi connectivity index (χ2n) is 8.18. The molecule has 3 aromatic rings. The summed E-state index contributed by atoms with van der Waals surface area (Å²) >= 11 is 1.33. The molecule has 11 heteroatoms. The molecule has 2 aliphatic rings. The Labute approximate surface area is 190 Å². The van der Waals surface area contributed by atoms with E-state index in [0.717, 1.165) is 22.7 Å². The van der Waals surface area contributed by atoms with E-state index in [9.17, 15) is 22.8 Å². The standard InChI is InChI=1S/C22H21F3N4O3S/c23-12-7-14(19(24)25)13-9-17(26-16(13)8-12)21(31)29-4-1-15-18(10-29)33-22(27-15)28-20(30)11-2-5-32-6-3-11/h7-9,11,19,26H,1-6,10H2,(H,27,28,30). The number of nitrogens with zero attached hydrogens (tertiary/aromatic N) is 2. The molecular weight excluding hydrogens is 457 g/mol.